The molecule has 0 radical (unpaired) electrons. The Morgan fingerprint density at radius 1 is 0.821 bits per heavy atom. The van der Waals surface area contributed by atoms with E-state index in [4.69, 9.17) is 0 Å². The van der Waals surface area contributed by atoms with Crippen LogP contribution in [0.25, 0.3) is 5.76 Å². The number of carbonyl (C=O) groups excluding carboxylic acids is 2. The summed E-state index contributed by atoms with van der Waals surface area (Å²) in [7, 11) is 2.13. The van der Waals surface area contributed by atoms with Gasteiger partial charge in [-0.1, -0.05) is 42.0 Å². The third-order valence-corrected chi connectivity index (χ3v) is 8.42. The number of hydrogen-bond acceptors (Lipinski definition) is 5. The van der Waals surface area contributed by atoms with Crippen molar-refractivity contribution in [3.63, 3.8) is 0 Å². The predicted octanol–water partition coefficient (Wildman–Crippen LogP) is 5.25. The average molecular weight is 522 g/mol. The zero-order valence-electron chi connectivity index (χ0n) is 22.7. The van der Waals surface area contributed by atoms with Gasteiger partial charge in [-0.25, -0.2) is 0 Å². The van der Waals surface area contributed by atoms with Crippen LogP contribution in [0.3, 0.4) is 0 Å². The second kappa shape index (κ2) is 10.3. The third-order valence-electron chi connectivity index (χ3n) is 8.42. The summed E-state index contributed by atoms with van der Waals surface area (Å²) in [4.78, 5) is 33.4. The summed E-state index contributed by atoms with van der Waals surface area (Å²) in [5.74, 6) is -1.38. The molecule has 39 heavy (non-hydrogen) atoms. The Labute approximate surface area is 230 Å². The number of nitrogens with zero attached hydrogens (tertiary/aromatic N) is 3. The first kappa shape index (κ1) is 25.4. The molecule has 200 valence electrons. The molecule has 2 aliphatic heterocycles. The Hall–Kier alpha value is -3.90. The second-order valence-electron chi connectivity index (χ2n) is 11.1. The van der Waals surface area contributed by atoms with Crippen LogP contribution >= 0.6 is 0 Å². The first-order chi connectivity index (χ1) is 18.9. The van der Waals surface area contributed by atoms with Crippen LogP contribution in [0.15, 0.2) is 72.3 Å². The van der Waals surface area contributed by atoms with E-state index in [0.29, 0.717) is 11.3 Å². The number of aliphatic hydroxyl groups excluding tert-OH is 1. The van der Waals surface area contributed by atoms with Gasteiger partial charge in [0.05, 0.1) is 11.6 Å². The highest BCUT2D eigenvalue weighted by molar-refractivity contribution is 6.51. The van der Waals surface area contributed by atoms with Gasteiger partial charge in [-0.2, -0.15) is 0 Å². The van der Waals surface area contributed by atoms with Crippen molar-refractivity contribution in [1.82, 2.24) is 4.90 Å². The van der Waals surface area contributed by atoms with E-state index in [0.717, 1.165) is 62.3 Å². The number of anilines is 2. The highest BCUT2D eigenvalue weighted by Crippen LogP contribution is 2.43. The minimum absolute atomic E-state index is 0.107. The zero-order chi connectivity index (χ0) is 27.1. The molecule has 3 aromatic carbocycles. The van der Waals surface area contributed by atoms with Crippen LogP contribution in [0, 0.1) is 6.92 Å². The molecule has 3 aromatic rings. The van der Waals surface area contributed by atoms with E-state index in [-0.39, 0.29) is 11.3 Å². The Bertz CT molecular complexity index is 1450. The molecule has 2 heterocycles. The van der Waals surface area contributed by atoms with Gasteiger partial charge in [-0.15, -0.1) is 0 Å². The smallest absolute Gasteiger partial charge is 0.300 e. The highest BCUT2D eigenvalue weighted by atomic mass is 16.3. The number of aliphatic hydroxyl groups is 1. The summed E-state index contributed by atoms with van der Waals surface area (Å²) in [6, 6.07) is 20.9. The maximum atomic E-state index is 13.6. The number of piperazine rings is 1. The molecule has 0 aromatic heterocycles. The lowest BCUT2D eigenvalue weighted by atomic mass is 9.88. The summed E-state index contributed by atoms with van der Waals surface area (Å²) >= 11 is 0. The van der Waals surface area contributed by atoms with Gasteiger partial charge in [0.25, 0.3) is 11.7 Å². The quantitative estimate of drug-likeness (QED) is 0.289. The highest BCUT2D eigenvalue weighted by Gasteiger charge is 2.47. The number of fused-ring (bicyclic) bond motifs is 1. The molecule has 1 N–H and O–H groups in total. The molecule has 6 heteroatoms. The number of ketones is 1. The van der Waals surface area contributed by atoms with E-state index < -0.39 is 17.7 Å². The van der Waals surface area contributed by atoms with Crippen LogP contribution in [0.4, 0.5) is 11.4 Å². The normalized spacial score (nSPS) is 21.3. The maximum absolute atomic E-state index is 13.6. The third kappa shape index (κ3) is 4.74. The number of aryl methyl sites for hydroxylation is 3. The van der Waals surface area contributed by atoms with Gasteiger partial charge in [-0.3, -0.25) is 14.5 Å². The molecule has 6 rings (SSSR count). The van der Waals surface area contributed by atoms with Crippen LogP contribution in [-0.4, -0.2) is 54.9 Å². The van der Waals surface area contributed by atoms with Gasteiger partial charge < -0.3 is 14.9 Å². The number of likely N-dealkylation sites (N-methyl/N-ethyl adjacent to an activating group) is 1. The molecule has 1 amide bonds. The molecule has 6 nitrogen and oxygen atoms in total. The van der Waals surface area contributed by atoms with Gasteiger partial charge in [0.1, 0.15) is 5.76 Å². The summed E-state index contributed by atoms with van der Waals surface area (Å²) in [6.45, 7) is 5.90. The number of carbonyl (C=O) groups is 2. The second-order valence-corrected chi connectivity index (χ2v) is 11.1. The first-order valence-electron chi connectivity index (χ1n) is 13.9. The minimum Gasteiger partial charge on any atom is -0.507 e. The van der Waals surface area contributed by atoms with Gasteiger partial charge in [0.15, 0.2) is 0 Å². The fourth-order valence-corrected chi connectivity index (χ4v) is 6.18. The van der Waals surface area contributed by atoms with Crippen molar-refractivity contribution in [2.75, 3.05) is 43.0 Å². The van der Waals surface area contributed by atoms with Crippen molar-refractivity contribution in [2.24, 2.45) is 0 Å². The topological polar surface area (TPSA) is 64.1 Å². The number of Topliss-reactive ketones (excluding diaryl/α,β-unsaturated/α-hetero) is 1. The number of rotatable bonds is 4. The number of amides is 1. The number of hydrogen-bond donors (Lipinski definition) is 1. The van der Waals surface area contributed by atoms with Crippen molar-refractivity contribution in [1.29, 1.82) is 0 Å². The van der Waals surface area contributed by atoms with Gasteiger partial charge >= 0.3 is 0 Å². The lowest BCUT2D eigenvalue weighted by Gasteiger charge is -2.34. The standard InChI is InChI=1S/C33H35N3O3/c1-22-6-5-9-25(20-22)30-29(31(37)26-11-10-23-7-3-4-8-24(23)21-26)32(38)33(39)36(30)28-14-12-27(13-15-28)35-18-16-34(2)17-19-35/h5-6,9-15,20-21,30,37H,3-4,7-8,16-19H2,1-2H3/b31-29-. The minimum atomic E-state index is -0.713. The number of benzene rings is 3. The monoisotopic (exact) mass is 521 g/mol. The van der Waals surface area contributed by atoms with E-state index in [1.165, 1.54) is 17.5 Å². The van der Waals surface area contributed by atoms with Crippen molar-refractivity contribution >= 4 is 28.8 Å². The van der Waals surface area contributed by atoms with Crippen molar-refractivity contribution in [3.8, 4) is 0 Å². The summed E-state index contributed by atoms with van der Waals surface area (Å²) in [5, 5.41) is 11.6. The molecule has 0 bridgehead atoms. The first-order valence-corrected chi connectivity index (χ1v) is 13.9. The fourth-order valence-electron chi connectivity index (χ4n) is 6.18. The van der Waals surface area contributed by atoms with E-state index in [1.54, 1.807) is 4.90 Å². The van der Waals surface area contributed by atoms with Crippen molar-refractivity contribution in [2.45, 2.75) is 38.6 Å². The van der Waals surface area contributed by atoms with Crippen LogP contribution in [-0.2, 0) is 22.4 Å². The van der Waals surface area contributed by atoms with Crippen LogP contribution in [0.5, 0.6) is 0 Å². The van der Waals surface area contributed by atoms with Crippen LogP contribution < -0.4 is 9.80 Å². The van der Waals surface area contributed by atoms with Crippen LogP contribution in [0.2, 0.25) is 0 Å². The molecule has 1 atom stereocenters. The summed E-state index contributed by atoms with van der Waals surface area (Å²) in [5.41, 5.74) is 6.82. The molecule has 1 aliphatic carbocycles. The Kier molecular flexibility index (Phi) is 6.73. The summed E-state index contributed by atoms with van der Waals surface area (Å²) < 4.78 is 0. The maximum Gasteiger partial charge on any atom is 0.300 e. The molecule has 3 aliphatic rings. The molecule has 0 spiro atoms. The lowest BCUT2D eigenvalue weighted by Crippen LogP contribution is -2.44. The molecule has 0 saturated carbocycles. The van der Waals surface area contributed by atoms with E-state index in [1.807, 2.05) is 67.6 Å². The van der Waals surface area contributed by atoms with Crippen molar-refractivity contribution < 1.29 is 14.7 Å². The molecular weight excluding hydrogens is 486 g/mol. The SMILES string of the molecule is Cc1cccc(C2/C(=C(/O)c3ccc4c(c3)CCCC4)C(=O)C(=O)N2c2ccc(N3CCN(C)CC3)cc2)c1. The molecule has 2 fully saturated rings. The van der Waals surface area contributed by atoms with Gasteiger partial charge in [0.2, 0.25) is 0 Å². The van der Waals surface area contributed by atoms with E-state index in [9.17, 15) is 14.7 Å². The zero-order valence-corrected chi connectivity index (χ0v) is 22.7. The van der Waals surface area contributed by atoms with Gasteiger partial charge in [-0.05, 0) is 86.7 Å². The van der Waals surface area contributed by atoms with E-state index in [2.05, 4.69) is 22.9 Å². The van der Waals surface area contributed by atoms with Crippen LogP contribution in [0.1, 0.15) is 46.7 Å². The summed E-state index contributed by atoms with van der Waals surface area (Å²) in [6.07, 6.45) is 4.29. The average Bonchev–Trinajstić information content (AvgIpc) is 3.23. The Morgan fingerprint density at radius 2 is 1.51 bits per heavy atom. The van der Waals surface area contributed by atoms with E-state index >= 15 is 0 Å². The van der Waals surface area contributed by atoms with Gasteiger partial charge in [0, 0.05) is 43.1 Å². The largest absolute Gasteiger partial charge is 0.507 e. The molecule has 1 unspecified atom stereocenters. The molecule has 2 saturated heterocycles. The molecular formula is C33H35N3O3. The Balaban J connectivity index is 1.42. The van der Waals surface area contributed by atoms with Crippen molar-refractivity contribution in [3.05, 3.63) is 100 Å². The fraction of sp³-hybridized carbons (Fsp3) is 0.333. The lowest BCUT2D eigenvalue weighted by molar-refractivity contribution is -0.132. The predicted molar refractivity (Wildman–Crippen MR) is 155 cm³/mol. The Morgan fingerprint density at radius 3 is 2.23 bits per heavy atom.